The van der Waals surface area contributed by atoms with Gasteiger partial charge in [-0.1, -0.05) is 12.1 Å². The third-order valence-electron chi connectivity index (χ3n) is 2.14. The molecule has 3 nitrogen and oxygen atoms in total. The summed E-state index contributed by atoms with van der Waals surface area (Å²) in [5.74, 6) is 0. The van der Waals surface area contributed by atoms with Gasteiger partial charge in [0.05, 0.1) is 21.1 Å². The van der Waals surface area contributed by atoms with Crippen molar-refractivity contribution in [2.45, 2.75) is 6.42 Å². The molecule has 0 amide bonds. The Morgan fingerprint density at radius 1 is 1.07 bits per heavy atom. The third-order valence-corrected chi connectivity index (χ3v) is 2.14. The van der Waals surface area contributed by atoms with Gasteiger partial charge in [-0.25, -0.2) is 0 Å². The summed E-state index contributed by atoms with van der Waals surface area (Å²) in [4.78, 5) is 0. The number of rotatable bonds is 3. The summed E-state index contributed by atoms with van der Waals surface area (Å²) in [6, 6.07) is 8.66. The van der Waals surface area contributed by atoms with Crippen molar-refractivity contribution < 1.29 is 5.11 Å². The van der Waals surface area contributed by atoms with Crippen molar-refractivity contribution in [2.24, 2.45) is 5.73 Å². The first-order valence-corrected chi connectivity index (χ1v) is 5.10. The molecule has 0 radical (unpaired) electrons. The van der Waals surface area contributed by atoms with Gasteiger partial charge < -0.3 is 10.8 Å². The zero-order valence-corrected chi connectivity index (χ0v) is 10.2. The largest absolute Gasteiger partial charge is 0.400 e. The van der Waals surface area contributed by atoms with Crippen molar-refractivity contribution in [3.8, 4) is 0 Å². The van der Waals surface area contributed by atoms with Gasteiger partial charge in [-0.05, 0) is 30.7 Å². The van der Waals surface area contributed by atoms with Crippen molar-refractivity contribution in [1.82, 2.24) is 4.48 Å². The fourth-order valence-electron chi connectivity index (χ4n) is 1.28. The molecule has 15 heavy (non-hydrogen) atoms. The molecule has 0 atom stereocenters. The van der Waals surface area contributed by atoms with Crippen LogP contribution in [-0.4, -0.2) is 39.9 Å². The van der Waals surface area contributed by atoms with Crippen LogP contribution in [0.1, 0.15) is 5.56 Å². The van der Waals surface area contributed by atoms with Crippen LogP contribution in [0.4, 0.5) is 5.69 Å². The second-order valence-electron chi connectivity index (χ2n) is 4.22. The molecule has 3 N–H and O–H groups in total. The lowest BCUT2D eigenvalue weighted by atomic mass is 10.1. The van der Waals surface area contributed by atoms with Crippen molar-refractivity contribution in [3.63, 3.8) is 0 Å². The quantitative estimate of drug-likeness (QED) is 0.733. The average Bonchev–Trinajstić information content (AvgIpc) is 2.21. The van der Waals surface area contributed by atoms with Gasteiger partial charge in [0, 0.05) is 7.11 Å². The van der Waals surface area contributed by atoms with E-state index in [0.29, 0.717) is 0 Å². The predicted octanol–water partition coefficient (Wildman–Crippen LogP) is 0.993. The predicted molar refractivity (Wildman–Crippen MR) is 66.9 cm³/mol. The minimum atomic E-state index is 0.726. The van der Waals surface area contributed by atoms with Gasteiger partial charge in [-0.15, -0.1) is 0 Å². The molecule has 0 aliphatic rings. The minimum Gasteiger partial charge on any atom is -0.400 e. The molecule has 0 bridgehead atoms. The number of aliphatic hydroxyl groups is 1. The number of aliphatic hydroxyl groups excluding tert-OH is 1. The molecule has 1 aromatic carbocycles. The first kappa shape index (κ1) is 14.1. The topological polar surface area (TPSA) is 46.2 Å². The smallest absolute Gasteiger partial charge is 0.132 e. The molecule has 0 spiro atoms. The Kier molecular flexibility index (Phi) is 6.17. The van der Waals surface area contributed by atoms with Crippen molar-refractivity contribution in [1.29, 1.82) is 0 Å². The van der Waals surface area contributed by atoms with E-state index in [1.54, 1.807) is 0 Å². The molecule has 0 aromatic heterocycles. The van der Waals surface area contributed by atoms with E-state index in [1.165, 1.54) is 11.3 Å². The maximum absolute atomic E-state index is 7.00. The number of quaternary nitrogens is 1. The van der Waals surface area contributed by atoms with Crippen molar-refractivity contribution >= 4 is 5.69 Å². The second-order valence-corrected chi connectivity index (χ2v) is 4.22. The zero-order chi connectivity index (χ0) is 11.9. The molecule has 1 rings (SSSR count). The molecule has 0 fully saturated rings. The highest BCUT2D eigenvalue weighted by Crippen LogP contribution is 2.17. The third kappa shape index (κ3) is 4.93. The lowest BCUT2D eigenvalue weighted by molar-refractivity contribution is 0.399. The Hall–Kier alpha value is -0.900. The number of hydrogen-bond donors (Lipinski definition) is 2. The van der Waals surface area contributed by atoms with E-state index in [1.807, 2.05) is 0 Å². The van der Waals surface area contributed by atoms with Gasteiger partial charge >= 0.3 is 0 Å². The van der Waals surface area contributed by atoms with Gasteiger partial charge in [-0.2, -0.15) is 0 Å². The maximum atomic E-state index is 7.00. The lowest BCUT2D eigenvalue weighted by Gasteiger charge is -2.23. The van der Waals surface area contributed by atoms with Crippen LogP contribution >= 0.6 is 0 Å². The molecule has 0 unspecified atom stereocenters. The Morgan fingerprint density at radius 2 is 1.53 bits per heavy atom. The van der Waals surface area contributed by atoms with Gasteiger partial charge in [0.25, 0.3) is 0 Å². The summed E-state index contributed by atoms with van der Waals surface area (Å²) in [7, 11) is 7.49. The van der Waals surface area contributed by atoms with Crippen LogP contribution in [0.3, 0.4) is 0 Å². The fourth-order valence-corrected chi connectivity index (χ4v) is 1.28. The lowest BCUT2D eigenvalue weighted by Crippen LogP contribution is -2.34. The maximum Gasteiger partial charge on any atom is 0.132 e. The molecule has 0 aliphatic carbocycles. The Morgan fingerprint density at radius 3 is 1.87 bits per heavy atom. The van der Waals surface area contributed by atoms with E-state index in [2.05, 4.69) is 45.4 Å². The summed E-state index contributed by atoms with van der Waals surface area (Å²) >= 11 is 0. The van der Waals surface area contributed by atoms with E-state index in [-0.39, 0.29) is 0 Å². The molecule has 0 saturated heterocycles. The van der Waals surface area contributed by atoms with Crippen molar-refractivity contribution in [3.05, 3.63) is 29.8 Å². The summed E-state index contributed by atoms with van der Waals surface area (Å²) in [6.07, 6.45) is 0.970. The Balaban J connectivity index is 0.000000921. The zero-order valence-electron chi connectivity index (χ0n) is 10.2. The van der Waals surface area contributed by atoms with E-state index in [0.717, 1.165) is 24.6 Å². The number of benzene rings is 1. The highest BCUT2D eigenvalue weighted by Gasteiger charge is 2.10. The van der Waals surface area contributed by atoms with Crippen LogP contribution in [0.2, 0.25) is 0 Å². The summed E-state index contributed by atoms with van der Waals surface area (Å²) in [5.41, 5.74) is 8.12. The number of nitrogens with zero attached hydrogens (tertiary/aromatic N) is 1. The van der Waals surface area contributed by atoms with Gasteiger partial charge in [-0.3, -0.25) is 4.48 Å². The van der Waals surface area contributed by atoms with Gasteiger partial charge in [0.15, 0.2) is 0 Å². The SMILES string of the molecule is CO.C[N+](C)(C)c1ccc(CCN)cc1. The second kappa shape index (κ2) is 6.56. The van der Waals surface area contributed by atoms with Gasteiger partial charge in [0.2, 0.25) is 0 Å². The normalized spacial score (nSPS) is 10.5. The van der Waals surface area contributed by atoms with Gasteiger partial charge in [0.1, 0.15) is 5.69 Å². The van der Waals surface area contributed by atoms with E-state index >= 15 is 0 Å². The molecule has 3 heteroatoms. The van der Waals surface area contributed by atoms with Crippen LogP contribution in [0.5, 0.6) is 0 Å². The van der Waals surface area contributed by atoms with Crippen LogP contribution in [-0.2, 0) is 6.42 Å². The van der Waals surface area contributed by atoms with Crippen LogP contribution < -0.4 is 10.2 Å². The monoisotopic (exact) mass is 211 g/mol. The first-order valence-electron chi connectivity index (χ1n) is 5.10. The average molecular weight is 211 g/mol. The highest BCUT2D eigenvalue weighted by molar-refractivity contribution is 5.42. The highest BCUT2D eigenvalue weighted by atomic mass is 16.2. The first-order chi connectivity index (χ1) is 7.04. The molecule has 0 aliphatic heterocycles. The van der Waals surface area contributed by atoms with E-state index < -0.39 is 0 Å². The molecule has 0 heterocycles. The molecular weight excluding hydrogens is 188 g/mol. The van der Waals surface area contributed by atoms with Crippen LogP contribution in [0.25, 0.3) is 0 Å². The number of nitrogens with two attached hydrogens (primary N) is 1. The van der Waals surface area contributed by atoms with Crippen LogP contribution in [0, 0.1) is 0 Å². The molecule has 1 aromatic rings. The summed E-state index contributed by atoms with van der Waals surface area (Å²) < 4.78 is 0.864. The fraction of sp³-hybridized carbons (Fsp3) is 0.500. The Bertz CT molecular complexity index is 262. The summed E-state index contributed by atoms with van der Waals surface area (Å²) in [5, 5.41) is 7.00. The standard InChI is InChI=1S/C11H19N2.CH4O/c1-13(2,3)11-6-4-10(5-7-11)8-9-12;1-2/h4-7H,8-9,12H2,1-3H3;2H,1H3/q+1;. The van der Waals surface area contributed by atoms with Crippen LogP contribution in [0.15, 0.2) is 24.3 Å². The number of hydrogen-bond acceptors (Lipinski definition) is 2. The van der Waals surface area contributed by atoms with E-state index in [9.17, 15) is 0 Å². The van der Waals surface area contributed by atoms with E-state index in [4.69, 9.17) is 10.8 Å². The summed E-state index contributed by atoms with van der Waals surface area (Å²) in [6.45, 7) is 0.726. The molecule has 0 saturated carbocycles. The molecule has 86 valence electrons. The minimum absolute atomic E-state index is 0.726. The Labute approximate surface area is 92.7 Å². The van der Waals surface area contributed by atoms with Crippen molar-refractivity contribution in [2.75, 3.05) is 34.8 Å². The molecular formula is C12H23N2O+.